The van der Waals surface area contributed by atoms with E-state index in [4.69, 9.17) is 24.3 Å². The Morgan fingerprint density at radius 1 is 1.06 bits per heavy atom. The van der Waals surface area contributed by atoms with Crippen LogP contribution in [0, 0.1) is 20.8 Å². The van der Waals surface area contributed by atoms with Crippen LogP contribution in [-0.4, -0.2) is 37.0 Å². The van der Waals surface area contributed by atoms with Crippen LogP contribution in [0.1, 0.15) is 68.2 Å². The first kappa shape index (κ1) is 23.8. The fourth-order valence-electron chi connectivity index (χ4n) is 5.13. The van der Waals surface area contributed by atoms with E-state index < -0.39 is 0 Å². The number of anilines is 2. The predicted octanol–water partition coefficient (Wildman–Crippen LogP) is 6.42. The van der Waals surface area contributed by atoms with Crippen molar-refractivity contribution in [1.29, 1.82) is 0 Å². The molecule has 4 aromatic heterocycles. The molecule has 2 N–H and O–H groups in total. The lowest BCUT2D eigenvalue weighted by molar-refractivity contribution is 0.393. The lowest BCUT2D eigenvalue weighted by atomic mass is 10.0. The average molecular weight is 488 g/mol. The van der Waals surface area contributed by atoms with Crippen molar-refractivity contribution >= 4 is 33.4 Å². The molecule has 0 spiro atoms. The largest absolute Gasteiger partial charge is 0.496 e. The molecule has 188 valence electrons. The van der Waals surface area contributed by atoms with E-state index >= 15 is 0 Å². The maximum atomic E-state index is 5.83. The van der Waals surface area contributed by atoms with Crippen LogP contribution in [0.5, 0.6) is 5.75 Å². The second-order valence-electron chi connectivity index (χ2n) is 9.97. The molecule has 4 heterocycles. The van der Waals surface area contributed by atoms with Crippen molar-refractivity contribution in [3.8, 4) is 16.9 Å². The van der Waals surface area contributed by atoms with Gasteiger partial charge >= 0.3 is 0 Å². The van der Waals surface area contributed by atoms with Gasteiger partial charge < -0.3 is 19.6 Å². The number of fused-ring (bicyclic) bond motifs is 3. The van der Waals surface area contributed by atoms with E-state index in [-0.39, 0.29) is 11.8 Å². The van der Waals surface area contributed by atoms with Crippen molar-refractivity contribution in [3.05, 3.63) is 40.8 Å². The minimum absolute atomic E-state index is 0.255. The molecule has 9 heteroatoms. The molecular weight excluding hydrogens is 454 g/mol. The van der Waals surface area contributed by atoms with E-state index in [9.17, 15) is 0 Å². The number of ether oxygens (including phenoxy) is 1. The number of aromatic nitrogens is 6. The highest BCUT2D eigenvalue weighted by Gasteiger charge is 2.24. The normalized spacial score (nSPS) is 12.0. The van der Waals surface area contributed by atoms with Crippen LogP contribution < -0.4 is 10.1 Å². The Hall–Kier alpha value is -3.88. The molecule has 0 amide bonds. The summed E-state index contributed by atoms with van der Waals surface area (Å²) in [5, 5.41) is 14.5. The summed E-state index contributed by atoms with van der Waals surface area (Å²) in [5.41, 5.74) is 7.54. The van der Waals surface area contributed by atoms with Crippen molar-refractivity contribution < 1.29 is 9.26 Å². The number of methoxy groups -OCH3 is 1. The zero-order chi connectivity index (χ0) is 25.9. The number of hydrogen-bond acceptors (Lipinski definition) is 7. The molecule has 0 aliphatic heterocycles. The van der Waals surface area contributed by atoms with Crippen molar-refractivity contribution in [2.45, 2.75) is 60.3 Å². The number of rotatable bonds is 6. The number of hydrogen-bond donors (Lipinski definition) is 2. The molecule has 5 aromatic rings. The quantitative estimate of drug-likeness (QED) is 0.284. The Bertz CT molecular complexity index is 1580. The standard InChI is InChI=1S/C27H33N7O2/c1-12(2)23-24(25(13(3)4)34(8)32-23)31-27-22-17-11-20(35-9)18(21-14(5)33-36-15(21)6)10-19(17)30-26(22)28-16(7)29-27/h10-13H,1-9H3,(H2,28,29,30,31). The highest BCUT2D eigenvalue weighted by Crippen LogP contribution is 2.42. The molecule has 9 nitrogen and oxygen atoms in total. The van der Waals surface area contributed by atoms with E-state index in [1.54, 1.807) is 7.11 Å². The fourth-order valence-corrected chi connectivity index (χ4v) is 5.13. The number of nitrogens with zero attached hydrogens (tertiary/aromatic N) is 5. The predicted molar refractivity (Wildman–Crippen MR) is 142 cm³/mol. The topological polar surface area (TPSA) is 107 Å². The van der Waals surface area contributed by atoms with Gasteiger partial charge in [0.15, 0.2) is 0 Å². The molecule has 0 bridgehead atoms. The minimum atomic E-state index is 0.255. The zero-order valence-electron chi connectivity index (χ0n) is 22.4. The van der Waals surface area contributed by atoms with E-state index in [0.29, 0.717) is 5.82 Å². The van der Waals surface area contributed by atoms with Gasteiger partial charge in [-0.25, -0.2) is 9.97 Å². The van der Waals surface area contributed by atoms with Crippen LogP contribution in [0.4, 0.5) is 11.5 Å². The Labute approximate surface area is 210 Å². The average Bonchev–Trinajstić information content (AvgIpc) is 3.44. The molecule has 0 saturated heterocycles. The van der Waals surface area contributed by atoms with E-state index in [1.165, 1.54) is 0 Å². The smallest absolute Gasteiger partial charge is 0.144 e. The Balaban J connectivity index is 1.77. The lowest BCUT2D eigenvalue weighted by Gasteiger charge is -2.14. The molecule has 1 aromatic carbocycles. The Morgan fingerprint density at radius 3 is 2.42 bits per heavy atom. The first-order chi connectivity index (χ1) is 17.1. The SMILES string of the molecule is COc1cc2c(cc1-c1c(C)noc1C)[nH]c1nc(C)nc(Nc3c(C(C)C)nn(C)c3C(C)C)c12. The van der Waals surface area contributed by atoms with E-state index in [2.05, 4.69) is 49.2 Å². The molecule has 0 fully saturated rings. The zero-order valence-corrected chi connectivity index (χ0v) is 22.4. The van der Waals surface area contributed by atoms with Crippen LogP contribution in [-0.2, 0) is 7.05 Å². The van der Waals surface area contributed by atoms with Gasteiger partial charge in [0.25, 0.3) is 0 Å². The van der Waals surface area contributed by atoms with Gasteiger partial charge in [0.2, 0.25) is 0 Å². The summed E-state index contributed by atoms with van der Waals surface area (Å²) < 4.78 is 13.2. The molecular formula is C27H33N7O2. The summed E-state index contributed by atoms with van der Waals surface area (Å²) in [7, 11) is 3.68. The third kappa shape index (κ3) is 3.70. The van der Waals surface area contributed by atoms with Gasteiger partial charge in [-0.2, -0.15) is 5.10 Å². The lowest BCUT2D eigenvalue weighted by Crippen LogP contribution is -2.05. The number of aryl methyl sites for hydroxylation is 4. The van der Waals surface area contributed by atoms with Crippen LogP contribution >= 0.6 is 0 Å². The van der Waals surface area contributed by atoms with Gasteiger partial charge in [0, 0.05) is 23.5 Å². The third-order valence-corrected chi connectivity index (χ3v) is 6.64. The van der Waals surface area contributed by atoms with Crippen molar-refractivity contribution in [1.82, 2.24) is 29.9 Å². The number of benzene rings is 1. The van der Waals surface area contributed by atoms with Gasteiger partial charge in [-0.05, 0) is 44.7 Å². The maximum absolute atomic E-state index is 5.83. The molecule has 5 rings (SSSR count). The second-order valence-corrected chi connectivity index (χ2v) is 9.97. The molecule has 0 radical (unpaired) electrons. The first-order valence-electron chi connectivity index (χ1n) is 12.3. The van der Waals surface area contributed by atoms with E-state index in [1.807, 2.05) is 38.6 Å². The molecule has 36 heavy (non-hydrogen) atoms. The van der Waals surface area contributed by atoms with Gasteiger partial charge in [-0.15, -0.1) is 0 Å². The number of H-pyrrole nitrogens is 1. The van der Waals surface area contributed by atoms with Crippen molar-refractivity contribution in [3.63, 3.8) is 0 Å². The number of nitrogens with one attached hydrogen (secondary N) is 2. The van der Waals surface area contributed by atoms with Crippen LogP contribution in [0.2, 0.25) is 0 Å². The minimum Gasteiger partial charge on any atom is -0.496 e. The van der Waals surface area contributed by atoms with Crippen molar-refractivity contribution in [2.24, 2.45) is 7.05 Å². The molecule has 0 aliphatic rings. The van der Waals surface area contributed by atoms with Crippen LogP contribution in [0.3, 0.4) is 0 Å². The van der Waals surface area contributed by atoms with Gasteiger partial charge in [-0.1, -0.05) is 32.9 Å². The van der Waals surface area contributed by atoms with E-state index in [0.717, 1.165) is 73.2 Å². The molecule has 0 atom stereocenters. The monoisotopic (exact) mass is 487 g/mol. The highest BCUT2D eigenvalue weighted by molar-refractivity contribution is 6.13. The van der Waals surface area contributed by atoms with Gasteiger partial charge in [0.1, 0.15) is 28.8 Å². The van der Waals surface area contributed by atoms with Gasteiger partial charge in [-0.3, -0.25) is 4.68 Å². The summed E-state index contributed by atoms with van der Waals surface area (Å²) in [6, 6.07) is 4.11. The van der Waals surface area contributed by atoms with Crippen LogP contribution in [0.15, 0.2) is 16.7 Å². The second kappa shape index (κ2) is 8.65. The summed E-state index contributed by atoms with van der Waals surface area (Å²) in [5.74, 6) is 3.44. The summed E-state index contributed by atoms with van der Waals surface area (Å²) >= 11 is 0. The summed E-state index contributed by atoms with van der Waals surface area (Å²) in [6.45, 7) is 14.4. The summed E-state index contributed by atoms with van der Waals surface area (Å²) in [6.07, 6.45) is 0. The number of aromatic amines is 1. The maximum Gasteiger partial charge on any atom is 0.144 e. The Morgan fingerprint density at radius 2 is 1.81 bits per heavy atom. The summed E-state index contributed by atoms with van der Waals surface area (Å²) in [4.78, 5) is 13.1. The van der Waals surface area contributed by atoms with Crippen molar-refractivity contribution in [2.75, 3.05) is 12.4 Å². The first-order valence-corrected chi connectivity index (χ1v) is 12.3. The highest BCUT2D eigenvalue weighted by atomic mass is 16.5. The van der Waals surface area contributed by atoms with Crippen LogP contribution in [0.25, 0.3) is 33.1 Å². The molecule has 0 aliphatic carbocycles. The fraction of sp³-hybridized carbons (Fsp3) is 0.407. The Kier molecular flexibility index (Phi) is 5.73. The van der Waals surface area contributed by atoms with Gasteiger partial charge in [0.05, 0.1) is 40.8 Å². The third-order valence-electron chi connectivity index (χ3n) is 6.64. The molecule has 0 unspecified atom stereocenters. The molecule has 0 saturated carbocycles.